The first-order chi connectivity index (χ1) is 8.83. The Bertz CT molecular complexity index is 390. The number of aromatic nitrogens is 3. The Morgan fingerprint density at radius 2 is 2.17 bits per heavy atom. The van der Waals surface area contributed by atoms with Gasteiger partial charge >= 0.3 is 0 Å². The van der Waals surface area contributed by atoms with Crippen LogP contribution in [0.15, 0.2) is 12.4 Å². The second-order valence-corrected chi connectivity index (χ2v) is 3.93. The number of aryl methyl sites for hydroxylation is 1. The van der Waals surface area contributed by atoms with Gasteiger partial charge in [-0.15, -0.1) is 5.10 Å². The minimum Gasteiger partial charge on any atom is -0.373 e. The Morgan fingerprint density at radius 3 is 2.89 bits per heavy atom. The third-order valence-electron chi connectivity index (χ3n) is 2.40. The average molecular weight is 249 g/mol. The van der Waals surface area contributed by atoms with E-state index in [2.05, 4.69) is 22.2 Å². The van der Waals surface area contributed by atoms with Crippen LogP contribution in [0.3, 0.4) is 0 Å². The van der Waals surface area contributed by atoms with Crippen molar-refractivity contribution in [2.45, 2.75) is 39.2 Å². The van der Waals surface area contributed by atoms with Crippen LogP contribution in [0.25, 0.3) is 0 Å². The summed E-state index contributed by atoms with van der Waals surface area (Å²) < 4.78 is 7.05. The van der Waals surface area contributed by atoms with Gasteiger partial charge in [-0.2, -0.15) is 0 Å². The Morgan fingerprint density at radius 1 is 1.33 bits per heavy atom. The molecular formula is C13H19N3O2. The highest BCUT2D eigenvalue weighted by atomic mass is 16.5. The van der Waals surface area contributed by atoms with Crippen molar-refractivity contribution in [1.29, 1.82) is 0 Å². The zero-order chi connectivity index (χ0) is 13.1. The van der Waals surface area contributed by atoms with Gasteiger partial charge in [0, 0.05) is 19.3 Å². The molecule has 18 heavy (non-hydrogen) atoms. The van der Waals surface area contributed by atoms with Gasteiger partial charge in [0.25, 0.3) is 0 Å². The first kappa shape index (κ1) is 14.4. The van der Waals surface area contributed by atoms with E-state index in [1.807, 2.05) is 10.9 Å². The molecule has 0 unspecified atom stereocenters. The summed E-state index contributed by atoms with van der Waals surface area (Å²) in [6.07, 6.45) is 7.84. The fourth-order valence-electron chi connectivity index (χ4n) is 1.52. The summed E-state index contributed by atoms with van der Waals surface area (Å²) in [6.45, 7) is 3.29. The van der Waals surface area contributed by atoms with Crippen molar-refractivity contribution in [3.8, 4) is 11.8 Å². The molecule has 0 aliphatic heterocycles. The molecule has 1 heterocycles. The van der Waals surface area contributed by atoms with Crippen LogP contribution in [-0.4, -0.2) is 34.0 Å². The number of ketones is 1. The summed E-state index contributed by atoms with van der Waals surface area (Å²) in [5.74, 6) is 4.85. The molecule has 0 radical (unpaired) electrons. The molecule has 1 aromatic rings. The van der Waals surface area contributed by atoms with E-state index >= 15 is 0 Å². The molecule has 0 saturated carbocycles. The number of carbonyl (C=O) groups is 1. The standard InChI is InChI=1S/C13H19N3O2/c1-2-7-13(17)12-18-11-6-4-3-5-9-16-10-8-14-15-16/h8,10H,3-6,9,11-12H2,1H3. The molecule has 5 heteroatoms. The maximum Gasteiger partial charge on any atom is 0.231 e. The molecule has 1 aromatic heterocycles. The molecule has 1 rings (SSSR count). The molecule has 0 fully saturated rings. The molecular weight excluding hydrogens is 230 g/mol. The lowest BCUT2D eigenvalue weighted by atomic mass is 10.2. The second-order valence-electron chi connectivity index (χ2n) is 3.93. The van der Waals surface area contributed by atoms with E-state index in [4.69, 9.17) is 4.74 Å². The summed E-state index contributed by atoms with van der Waals surface area (Å²) in [5, 5.41) is 7.64. The van der Waals surface area contributed by atoms with E-state index < -0.39 is 0 Å². The molecule has 0 atom stereocenters. The summed E-state index contributed by atoms with van der Waals surface area (Å²) in [7, 11) is 0. The predicted octanol–water partition coefficient (Wildman–Crippen LogP) is 1.45. The van der Waals surface area contributed by atoms with E-state index in [0.717, 1.165) is 32.2 Å². The highest BCUT2D eigenvalue weighted by molar-refractivity contribution is 5.96. The van der Waals surface area contributed by atoms with Crippen LogP contribution in [0.4, 0.5) is 0 Å². The second kappa shape index (κ2) is 9.37. The lowest BCUT2D eigenvalue weighted by molar-refractivity contribution is -0.118. The molecule has 0 aliphatic rings. The van der Waals surface area contributed by atoms with Crippen LogP contribution in [-0.2, 0) is 16.1 Å². The molecule has 0 aromatic carbocycles. The molecule has 5 nitrogen and oxygen atoms in total. The monoisotopic (exact) mass is 249 g/mol. The van der Waals surface area contributed by atoms with Crippen molar-refractivity contribution in [3.63, 3.8) is 0 Å². The number of Topliss-reactive ketones (excluding diaryl/α,β-unsaturated/α-hetero) is 1. The van der Waals surface area contributed by atoms with Gasteiger partial charge in [-0.05, 0) is 25.7 Å². The fourth-order valence-corrected chi connectivity index (χ4v) is 1.52. The van der Waals surface area contributed by atoms with Crippen molar-refractivity contribution >= 4 is 5.78 Å². The van der Waals surface area contributed by atoms with Gasteiger partial charge in [0.05, 0.1) is 6.20 Å². The van der Waals surface area contributed by atoms with Crippen molar-refractivity contribution in [2.75, 3.05) is 13.2 Å². The summed E-state index contributed by atoms with van der Waals surface area (Å²) in [4.78, 5) is 11.0. The number of carbonyl (C=O) groups excluding carboxylic acids is 1. The molecule has 0 amide bonds. The lowest BCUT2D eigenvalue weighted by Crippen LogP contribution is -2.07. The smallest absolute Gasteiger partial charge is 0.231 e. The number of nitrogens with zero attached hydrogens (tertiary/aromatic N) is 3. The van der Waals surface area contributed by atoms with E-state index in [0.29, 0.717) is 6.61 Å². The van der Waals surface area contributed by atoms with Gasteiger partial charge < -0.3 is 4.74 Å². The van der Waals surface area contributed by atoms with Crippen LogP contribution in [0.5, 0.6) is 0 Å². The van der Waals surface area contributed by atoms with Crippen LogP contribution < -0.4 is 0 Å². The Labute approximate surface area is 108 Å². The summed E-state index contributed by atoms with van der Waals surface area (Å²) in [5.41, 5.74) is 0. The number of hydrogen-bond acceptors (Lipinski definition) is 4. The van der Waals surface area contributed by atoms with E-state index in [1.54, 1.807) is 13.1 Å². The Hall–Kier alpha value is -1.67. The van der Waals surface area contributed by atoms with Crippen molar-refractivity contribution in [2.24, 2.45) is 0 Å². The summed E-state index contributed by atoms with van der Waals surface area (Å²) >= 11 is 0. The third-order valence-corrected chi connectivity index (χ3v) is 2.40. The molecule has 0 aliphatic carbocycles. The van der Waals surface area contributed by atoms with E-state index in [9.17, 15) is 4.79 Å². The lowest BCUT2D eigenvalue weighted by Gasteiger charge is -2.02. The number of unbranched alkanes of at least 4 members (excludes halogenated alkanes) is 3. The van der Waals surface area contributed by atoms with Crippen molar-refractivity contribution in [3.05, 3.63) is 12.4 Å². The van der Waals surface area contributed by atoms with E-state index in [-0.39, 0.29) is 12.4 Å². The first-order valence-corrected chi connectivity index (χ1v) is 6.20. The van der Waals surface area contributed by atoms with Crippen molar-refractivity contribution < 1.29 is 9.53 Å². The molecule has 0 saturated heterocycles. The zero-order valence-corrected chi connectivity index (χ0v) is 10.8. The van der Waals surface area contributed by atoms with Gasteiger partial charge in [-0.1, -0.05) is 24.0 Å². The quantitative estimate of drug-likeness (QED) is 0.377. The van der Waals surface area contributed by atoms with Crippen molar-refractivity contribution in [1.82, 2.24) is 15.0 Å². The van der Waals surface area contributed by atoms with Gasteiger partial charge in [0.2, 0.25) is 5.78 Å². The predicted molar refractivity (Wildman–Crippen MR) is 67.8 cm³/mol. The zero-order valence-electron chi connectivity index (χ0n) is 10.8. The maximum atomic E-state index is 11.0. The van der Waals surface area contributed by atoms with Gasteiger partial charge in [0.1, 0.15) is 6.61 Å². The first-order valence-electron chi connectivity index (χ1n) is 6.20. The highest BCUT2D eigenvalue weighted by Crippen LogP contribution is 2.01. The average Bonchev–Trinajstić information content (AvgIpc) is 2.86. The minimum atomic E-state index is -0.149. The van der Waals surface area contributed by atoms with Crippen LogP contribution in [0.2, 0.25) is 0 Å². The van der Waals surface area contributed by atoms with Gasteiger partial charge in [-0.3, -0.25) is 9.48 Å². The topological polar surface area (TPSA) is 57.0 Å². The van der Waals surface area contributed by atoms with Crippen LogP contribution in [0, 0.1) is 11.8 Å². The molecule has 0 spiro atoms. The largest absolute Gasteiger partial charge is 0.373 e. The highest BCUT2D eigenvalue weighted by Gasteiger charge is 1.97. The van der Waals surface area contributed by atoms with E-state index in [1.165, 1.54) is 0 Å². The molecule has 98 valence electrons. The maximum absolute atomic E-state index is 11.0. The minimum absolute atomic E-state index is 0.111. The normalized spacial score (nSPS) is 9.83. The van der Waals surface area contributed by atoms with Crippen LogP contribution in [0.1, 0.15) is 32.6 Å². The number of ether oxygens (including phenoxy) is 1. The molecule has 0 bridgehead atoms. The SMILES string of the molecule is CC#CC(=O)COCCCCCCn1ccnn1. The summed E-state index contributed by atoms with van der Waals surface area (Å²) in [6, 6.07) is 0. The third kappa shape index (κ3) is 6.81. The number of hydrogen-bond donors (Lipinski definition) is 0. The Kier molecular flexibility index (Phi) is 7.49. The number of rotatable bonds is 9. The van der Waals surface area contributed by atoms with Gasteiger partial charge in [0.15, 0.2) is 0 Å². The fraction of sp³-hybridized carbons (Fsp3) is 0.615. The Balaban J connectivity index is 1.86. The molecule has 0 N–H and O–H groups in total. The van der Waals surface area contributed by atoms with Gasteiger partial charge in [-0.25, -0.2) is 0 Å². The van der Waals surface area contributed by atoms with Crippen LogP contribution >= 0.6 is 0 Å².